The maximum absolute atomic E-state index is 6.24. The summed E-state index contributed by atoms with van der Waals surface area (Å²) in [4.78, 5) is 13.2. The maximum atomic E-state index is 6.24. The molecule has 7 rings (SSSR count). The first kappa shape index (κ1) is 27.9. The van der Waals surface area contributed by atoms with Gasteiger partial charge in [-0.1, -0.05) is 79.7 Å². The van der Waals surface area contributed by atoms with Crippen LogP contribution >= 0.6 is 0 Å². The Morgan fingerprint density at radius 2 is 1.57 bits per heavy atom. The molecule has 1 aliphatic rings. The molecule has 0 saturated heterocycles. The van der Waals surface area contributed by atoms with E-state index in [1.807, 2.05) is 30.6 Å². The van der Waals surface area contributed by atoms with Gasteiger partial charge in [-0.05, 0) is 88.9 Å². The third-order valence-corrected chi connectivity index (χ3v) is 9.09. The summed E-state index contributed by atoms with van der Waals surface area (Å²) in [7, 11) is 1.73. The van der Waals surface area contributed by atoms with E-state index in [0.717, 1.165) is 59.6 Å². The number of nitrogens with one attached hydrogen (secondary N) is 1. The van der Waals surface area contributed by atoms with E-state index >= 15 is 0 Å². The lowest BCUT2D eigenvalue weighted by atomic mass is 9.72. The van der Waals surface area contributed by atoms with Crippen LogP contribution < -0.4 is 9.47 Å². The monoisotopic (exact) mass is 579 g/mol. The Balaban J connectivity index is 1.26. The molecule has 2 heterocycles. The Bertz CT molecular complexity index is 1870. The van der Waals surface area contributed by atoms with E-state index in [1.165, 1.54) is 27.8 Å². The fourth-order valence-electron chi connectivity index (χ4n) is 6.86. The molecule has 5 heteroatoms. The van der Waals surface area contributed by atoms with Crippen LogP contribution in [0.25, 0.3) is 11.0 Å². The number of aromatic nitrogens is 3. The normalized spacial score (nSPS) is 16.5. The summed E-state index contributed by atoms with van der Waals surface area (Å²) in [5.74, 6) is 3.04. The summed E-state index contributed by atoms with van der Waals surface area (Å²) in [6.45, 7) is 2.81. The number of methoxy groups -OCH3 is 1. The smallest absolute Gasteiger partial charge is 0.144 e. The second-order valence-corrected chi connectivity index (χ2v) is 12.1. The fraction of sp³-hybridized carbons (Fsp3) is 0.231. The van der Waals surface area contributed by atoms with Crippen molar-refractivity contribution in [3.05, 3.63) is 155 Å². The number of hydrogen-bond acceptors (Lipinski definition) is 4. The lowest BCUT2D eigenvalue weighted by Crippen LogP contribution is -2.30. The fourth-order valence-corrected chi connectivity index (χ4v) is 6.86. The quantitative estimate of drug-likeness (QED) is 0.178. The standard InChI is InChI=1S/C39H37N3O2/c1-27(30-11-7-4-8-12-30)21-36-41-37-34(15-16-35(43-2)38(37)42-36)39(23-28-17-19-40-20-18-28)24-31-13-14-33(22-32(31)25-39)44-26-29-9-5-3-6-10-29/h3-20,22,27H,21,23-26H2,1-2H3,(H,41,42). The van der Waals surface area contributed by atoms with Crippen molar-refractivity contribution in [2.75, 3.05) is 7.11 Å². The number of rotatable bonds is 10. The highest BCUT2D eigenvalue weighted by atomic mass is 16.5. The van der Waals surface area contributed by atoms with Gasteiger partial charge in [-0.25, -0.2) is 4.98 Å². The molecule has 2 aromatic heterocycles. The molecule has 6 aromatic rings. The van der Waals surface area contributed by atoms with Gasteiger partial charge in [0, 0.05) is 24.2 Å². The van der Waals surface area contributed by atoms with Gasteiger partial charge in [0.05, 0.1) is 12.6 Å². The molecule has 1 aliphatic carbocycles. The molecule has 0 radical (unpaired) electrons. The number of ether oxygens (including phenoxy) is 2. The first-order valence-electron chi connectivity index (χ1n) is 15.4. The zero-order valence-electron chi connectivity index (χ0n) is 25.3. The van der Waals surface area contributed by atoms with Gasteiger partial charge in [0.15, 0.2) is 0 Å². The van der Waals surface area contributed by atoms with Gasteiger partial charge in [-0.2, -0.15) is 0 Å². The van der Waals surface area contributed by atoms with Crippen LogP contribution in [0.2, 0.25) is 0 Å². The van der Waals surface area contributed by atoms with Crippen LogP contribution in [0.3, 0.4) is 0 Å². The molecule has 1 N–H and O–H groups in total. The zero-order valence-corrected chi connectivity index (χ0v) is 25.3. The predicted octanol–water partition coefficient (Wildman–Crippen LogP) is 8.17. The van der Waals surface area contributed by atoms with Gasteiger partial charge >= 0.3 is 0 Å². The Labute approximate surface area is 258 Å². The molecule has 0 fully saturated rings. The van der Waals surface area contributed by atoms with Gasteiger partial charge in [0.1, 0.15) is 29.4 Å². The second kappa shape index (κ2) is 12.0. The molecular weight excluding hydrogens is 542 g/mol. The highest BCUT2D eigenvalue weighted by molar-refractivity contribution is 5.86. The van der Waals surface area contributed by atoms with E-state index < -0.39 is 0 Å². The summed E-state index contributed by atoms with van der Waals surface area (Å²) in [6, 6.07) is 36.2. The average Bonchev–Trinajstić information content (AvgIpc) is 3.66. The molecule has 0 aliphatic heterocycles. The lowest BCUT2D eigenvalue weighted by Gasteiger charge is -2.30. The molecule has 0 saturated carbocycles. The number of benzene rings is 4. The molecule has 0 bridgehead atoms. The number of fused-ring (bicyclic) bond motifs is 2. The van der Waals surface area contributed by atoms with Crippen molar-refractivity contribution >= 4 is 11.0 Å². The van der Waals surface area contributed by atoms with E-state index in [9.17, 15) is 0 Å². The third-order valence-electron chi connectivity index (χ3n) is 9.09. The minimum absolute atomic E-state index is 0.177. The number of pyridine rings is 1. The summed E-state index contributed by atoms with van der Waals surface area (Å²) in [5.41, 5.74) is 9.49. The second-order valence-electron chi connectivity index (χ2n) is 12.1. The molecule has 220 valence electrons. The van der Waals surface area contributed by atoms with Crippen molar-refractivity contribution < 1.29 is 9.47 Å². The minimum Gasteiger partial charge on any atom is -0.494 e. The van der Waals surface area contributed by atoms with Crippen LogP contribution in [0.1, 0.15) is 52.0 Å². The Kier molecular flexibility index (Phi) is 7.61. The van der Waals surface area contributed by atoms with Crippen LogP contribution in [-0.4, -0.2) is 22.1 Å². The van der Waals surface area contributed by atoms with Crippen LogP contribution in [0.15, 0.2) is 116 Å². The molecule has 0 spiro atoms. The Morgan fingerprint density at radius 3 is 2.34 bits per heavy atom. The Morgan fingerprint density at radius 1 is 0.818 bits per heavy atom. The molecule has 2 unspecified atom stereocenters. The third kappa shape index (κ3) is 5.58. The van der Waals surface area contributed by atoms with E-state index in [-0.39, 0.29) is 5.41 Å². The van der Waals surface area contributed by atoms with Crippen LogP contribution in [0, 0.1) is 0 Å². The molecule has 44 heavy (non-hydrogen) atoms. The largest absolute Gasteiger partial charge is 0.494 e. The molecule has 0 amide bonds. The van der Waals surface area contributed by atoms with Gasteiger partial charge < -0.3 is 14.5 Å². The van der Waals surface area contributed by atoms with Crippen LogP contribution in [-0.2, 0) is 37.7 Å². The SMILES string of the molecule is COc1ccc(C2(Cc3ccncc3)Cc3ccc(OCc4ccccc4)cc3C2)c2nc(CC(C)c3ccccc3)[nH]c12. The minimum atomic E-state index is -0.177. The van der Waals surface area contributed by atoms with Crippen LogP contribution in [0.5, 0.6) is 11.5 Å². The highest BCUT2D eigenvalue weighted by Crippen LogP contribution is 2.46. The lowest BCUT2D eigenvalue weighted by molar-refractivity contribution is 0.306. The van der Waals surface area contributed by atoms with Gasteiger partial charge in [-0.3, -0.25) is 4.98 Å². The topological polar surface area (TPSA) is 60.0 Å². The molecule has 4 aromatic carbocycles. The van der Waals surface area contributed by atoms with Crippen molar-refractivity contribution in [2.24, 2.45) is 0 Å². The van der Waals surface area contributed by atoms with Gasteiger partial charge in [0.2, 0.25) is 0 Å². The summed E-state index contributed by atoms with van der Waals surface area (Å²) in [5, 5.41) is 0. The average molecular weight is 580 g/mol. The van der Waals surface area contributed by atoms with E-state index in [0.29, 0.717) is 12.5 Å². The first-order chi connectivity index (χ1) is 21.6. The highest BCUT2D eigenvalue weighted by Gasteiger charge is 2.41. The van der Waals surface area contributed by atoms with Crippen molar-refractivity contribution in [3.63, 3.8) is 0 Å². The Hall–Kier alpha value is -4.90. The van der Waals surface area contributed by atoms with Crippen molar-refractivity contribution in [2.45, 2.75) is 50.5 Å². The number of aromatic amines is 1. The summed E-state index contributed by atoms with van der Waals surface area (Å²) >= 11 is 0. The predicted molar refractivity (Wildman–Crippen MR) is 175 cm³/mol. The summed E-state index contributed by atoms with van der Waals surface area (Å²) < 4.78 is 12.1. The maximum Gasteiger partial charge on any atom is 0.144 e. The van der Waals surface area contributed by atoms with Crippen molar-refractivity contribution in [3.8, 4) is 11.5 Å². The van der Waals surface area contributed by atoms with Crippen molar-refractivity contribution in [1.29, 1.82) is 0 Å². The van der Waals surface area contributed by atoms with Crippen molar-refractivity contribution in [1.82, 2.24) is 15.0 Å². The summed E-state index contributed by atoms with van der Waals surface area (Å²) in [6.07, 6.45) is 7.31. The zero-order chi connectivity index (χ0) is 29.9. The number of imidazole rings is 1. The van der Waals surface area contributed by atoms with E-state index in [4.69, 9.17) is 14.5 Å². The molecular formula is C39H37N3O2. The molecule has 2 atom stereocenters. The molecule has 5 nitrogen and oxygen atoms in total. The van der Waals surface area contributed by atoms with Gasteiger partial charge in [-0.15, -0.1) is 0 Å². The van der Waals surface area contributed by atoms with E-state index in [2.05, 4.69) is 102 Å². The number of H-pyrrole nitrogens is 1. The van der Waals surface area contributed by atoms with Gasteiger partial charge in [0.25, 0.3) is 0 Å². The number of nitrogens with zero attached hydrogens (tertiary/aromatic N) is 2. The number of hydrogen-bond donors (Lipinski definition) is 1. The van der Waals surface area contributed by atoms with E-state index in [1.54, 1.807) is 7.11 Å². The van der Waals surface area contributed by atoms with Crippen LogP contribution in [0.4, 0.5) is 0 Å². The first-order valence-corrected chi connectivity index (χ1v) is 15.4.